The standard InChI is InChI=1S/C61H93N7O15/c1-36-15-11-10-12-16-37(2)50(79-8)29-45-20-18-41(6)61(78,83-45)56(74)57(75)68-22-14-13-17-47(68)58(76)81-51(30-48(70)38(3)26-40(5)54(72)55(73)53(71)39(4)25-36)46(62)27-42-19-21-49(52(28-42)80-9)82-60(77)65-33-43-31-63-59(64-32-43)67-24-23-66(7)34-44(67)35-69/h10-12,15-16,26,31-32,36,38-39,41-42,44-47,49-52,54-55,69,72-73,78H,13-14,17-25,27-30,33-35,62H2,1-9H3,(H,65,77)/b12-10?,15-11+,37-16?,40-26+/t36-,38-,39?,41-,42+,44?,45+,46-,47+,49-,50+,51+,52-,54-,55+,61-/m1/s1. The average Bonchev–Trinajstić information content (AvgIpc) is 3.55. The van der Waals surface area contributed by atoms with Gasteiger partial charge >= 0.3 is 12.1 Å². The minimum Gasteiger partial charge on any atom is -0.459 e. The number of fused-ring (bicyclic) bond motifs is 3. The van der Waals surface area contributed by atoms with Gasteiger partial charge in [-0.05, 0) is 108 Å². The van der Waals surface area contributed by atoms with Crippen LogP contribution in [0.25, 0.3) is 0 Å². The number of cyclic esters (lactones) is 1. The lowest BCUT2D eigenvalue weighted by atomic mass is 9.80. The largest absolute Gasteiger partial charge is 0.459 e. The van der Waals surface area contributed by atoms with E-state index in [4.69, 9.17) is 29.4 Å². The van der Waals surface area contributed by atoms with Crippen molar-refractivity contribution in [3.63, 3.8) is 0 Å². The highest BCUT2D eigenvalue weighted by molar-refractivity contribution is 6.39. The first-order chi connectivity index (χ1) is 39.5. The third-order valence-corrected chi connectivity index (χ3v) is 17.5. The number of carbonyl (C=O) groups is 6. The minimum atomic E-state index is -2.50. The summed E-state index contributed by atoms with van der Waals surface area (Å²) < 4.78 is 29.9. The van der Waals surface area contributed by atoms with Crippen molar-refractivity contribution in [1.29, 1.82) is 0 Å². The van der Waals surface area contributed by atoms with Gasteiger partial charge in [-0.2, -0.15) is 0 Å². The summed E-state index contributed by atoms with van der Waals surface area (Å²) in [6.07, 6.45) is 10.2. The summed E-state index contributed by atoms with van der Waals surface area (Å²) in [6.45, 7) is 12.5. The van der Waals surface area contributed by atoms with Gasteiger partial charge in [0.25, 0.3) is 11.7 Å². The Morgan fingerprint density at radius 1 is 0.867 bits per heavy atom. The minimum absolute atomic E-state index is 0.00863. The molecule has 22 heteroatoms. The Morgan fingerprint density at radius 3 is 2.30 bits per heavy atom. The number of nitrogens with zero attached hydrogens (tertiary/aromatic N) is 5. The summed E-state index contributed by atoms with van der Waals surface area (Å²) in [6, 6.07) is -2.36. The van der Waals surface area contributed by atoms with Crippen molar-refractivity contribution in [2.24, 2.45) is 35.3 Å². The quantitative estimate of drug-likeness (QED) is 0.109. The number of anilines is 1. The normalized spacial score (nSPS) is 35.3. The van der Waals surface area contributed by atoms with Gasteiger partial charge in [0.1, 0.15) is 36.2 Å². The maximum Gasteiger partial charge on any atom is 0.407 e. The Labute approximate surface area is 489 Å². The number of aromatic nitrogens is 2. The van der Waals surface area contributed by atoms with Crippen molar-refractivity contribution in [2.75, 3.05) is 59.0 Å². The molecule has 2 amide bonds. The molecule has 6 rings (SSSR count). The molecule has 3 saturated heterocycles. The molecule has 2 bridgehead atoms. The molecule has 0 aromatic carbocycles. The molecule has 16 atom stereocenters. The van der Waals surface area contributed by atoms with Crippen LogP contribution < -0.4 is 16.0 Å². The van der Waals surface area contributed by atoms with E-state index < -0.39 is 120 Å². The number of Topliss-reactive ketones (excluding diaryl/α,β-unsaturated/α-hetero) is 3. The summed E-state index contributed by atoms with van der Waals surface area (Å²) in [4.78, 5) is 98.5. The topological polar surface area (TPSA) is 303 Å². The van der Waals surface area contributed by atoms with Crippen molar-refractivity contribution >= 4 is 41.3 Å². The van der Waals surface area contributed by atoms with Crippen molar-refractivity contribution in [3.05, 3.63) is 65.6 Å². The molecule has 462 valence electrons. The number of allylic oxidation sites excluding steroid dienone is 6. The van der Waals surface area contributed by atoms with Crippen LogP contribution in [0.3, 0.4) is 0 Å². The fourth-order valence-electron chi connectivity index (χ4n) is 12.2. The first-order valence-corrected chi connectivity index (χ1v) is 29.7. The number of hydrogen-bond acceptors (Lipinski definition) is 20. The fraction of sp³-hybridized carbons (Fsp3) is 0.705. The molecular weight excluding hydrogens is 1070 g/mol. The number of hydrogen-bond donors (Lipinski definition) is 6. The predicted octanol–water partition coefficient (Wildman–Crippen LogP) is 4.05. The molecule has 0 spiro atoms. The summed E-state index contributed by atoms with van der Waals surface area (Å²) >= 11 is 0. The number of methoxy groups -OCH3 is 2. The van der Waals surface area contributed by atoms with Gasteiger partial charge < -0.3 is 69.9 Å². The number of nitrogens with one attached hydrogen (secondary N) is 1. The SMILES string of the molecule is CO[C@H]1C[C@@H]2CC[C@@H](C)[C@@](O)(O2)C(=O)C(=O)N2CCCC[C@H]2C(=O)O[C@H]([C@H](N)C[C@@H]2CC[C@@H](OC(=O)NCc3cnc(N4CCN(C)CC4CO)nc3)[C@H](OC)C2)CC(=O)[C@H](C)/C=C(\C)[C@@H](O)[C@@H](O)C(=O)C(C)C[C@H](C)/C=C/C=CC=C1C. The van der Waals surface area contributed by atoms with Gasteiger partial charge in [0.15, 0.2) is 5.78 Å². The van der Waals surface area contributed by atoms with Crippen LogP contribution in [0.1, 0.15) is 124 Å². The van der Waals surface area contributed by atoms with Crippen LogP contribution in [0.5, 0.6) is 0 Å². The number of amides is 2. The van der Waals surface area contributed by atoms with Crippen molar-refractivity contribution < 1.29 is 72.9 Å². The molecule has 5 heterocycles. The average molecular weight is 1160 g/mol. The number of nitrogens with two attached hydrogens (primary N) is 1. The highest BCUT2D eigenvalue weighted by Gasteiger charge is 2.53. The van der Waals surface area contributed by atoms with E-state index in [2.05, 4.69) is 20.2 Å². The van der Waals surface area contributed by atoms with Gasteiger partial charge in [0, 0.05) is 102 Å². The summed E-state index contributed by atoms with van der Waals surface area (Å²) in [5.41, 5.74) is 8.66. The van der Waals surface area contributed by atoms with Crippen LogP contribution in [0.2, 0.25) is 0 Å². The smallest absolute Gasteiger partial charge is 0.407 e. The van der Waals surface area contributed by atoms with E-state index in [9.17, 15) is 49.2 Å². The zero-order chi connectivity index (χ0) is 60.7. The highest BCUT2D eigenvalue weighted by atomic mass is 16.6. The van der Waals surface area contributed by atoms with Crippen LogP contribution in [-0.2, 0) is 54.2 Å². The second-order valence-corrected chi connectivity index (χ2v) is 24.0. The number of ether oxygens (including phenoxy) is 5. The third kappa shape index (κ3) is 17.9. The van der Waals surface area contributed by atoms with Crippen molar-refractivity contribution in [1.82, 2.24) is 25.1 Å². The molecule has 22 nitrogen and oxygen atoms in total. The molecule has 1 aromatic heterocycles. The lowest BCUT2D eigenvalue weighted by molar-refractivity contribution is -0.265. The Balaban J connectivity index is 1.19. The van der Waals surface area contributed by atoms with E-state index in [0.29, 0.717) is 76.0 Å². The van der Waals surface area contributed by atoms with E-state index in [1.54, 1.807) is 40.3 Å². The molecule has 1 saturated carbocycles. The van der Waals surface area contributed by atoms with E-state index in [1.165, 1.54) is 20.1 Å². The zero-order valence-corrected chi connectivity index (χ0v) is 50.1. The first kappa shape index (κ1) is 66.8. The number of likely N-dealkylation sites (N-methyl/N-ethyl adjacent to an activating group) is 1. The van der Waals surface area contributed by atoms with E-state index in [1.807, 2.05) is 56.2 Å². The monoisotopic (exact) mass is 1160 g/mol. The van der Waals surface area contributed by atoms with E-state index >= 15 is 0 Å². The maximum atomic E-state index is 14.6. The molecule has 4 aliphatic heterocycles. The number of piperazine rings is 1. The lowest BCUT2D eigenvalue weighted by Gasteiger charge is -2.42. The number of esters is 1. The van der Waals surface area contributed by atoms with Gasteiger partial charge in [-0.3, -0.25) is 19.2 Å². The number of aliphatic hydroxyl groups is 4. The molecule has 5 aliphatic rings. The van der Waals surface area contributed by atoms with Gasteiger partial charge in [-0.15, -0.1) is 0 Å². The van der Waals surface area contributed by atoms with Gasteiger partial charge in [-0.1, -0.05) is 64.2 Å². The highest BCUT2D eigenvalue weighted by Crippen LogP contribution is 2.37. The summed E-state index contributed by atoms with van der Waals surface area (Å²) in [5, 5.41) is 47.1. The van der Waals surface area contributed by atoms with E-state index in [-0.39, 0.29) is 62.4 Å². The maximum absolute atomic E-state index is 14.6. The zero-order valence-electron chi connectivity index (χ0n) is 50.1. The van der Waals surface area contributed by atoms with Crippen LogP contribution in [0, 0.1) is 29.6 Å². The van der Waals surface area contributed by atoms with Crippen LogP contribution in [-0.4, -0.2) is 196 Å². The Bertz CT molecular complexity index is 2490. The molecule has 7 N–H and O–H groups in total. The predicted molar refractivity (Wildman–Crippen MR) is 308 cm³/mol. The molecule has 0 radical (unpaired) electrons. The Hall–Kier alpha value is -5.30. The van der Waals surface area contributed by atoms with Crippen LogP contribution in [0.4, 0.5) is 10.7 Å². The molecule has 1 aromatic rings. The van der Waals surface area contributed by atoms with Gasteiger partial charge in [-0.25, -0.2) is 19.6 Å². The number of aliphatic hydroxyl groups excluding tert-OH is 3. The lowest BCUT2D eigenvalue weighted by Crippen LogP contribution is -2.61. The van der Waals surface area contributed by atoms with Gasteiger partial charge in [0.05, 0.1) is 31.0 Å². The van der Waals surface area contributed by atoms with Crippen LogP contribution >= 0.6 is 0 Å². The Kier molecular flexibility index (Phi) is 25.1. The number of carbonyl (C=O) groups excluding carboxylic acids is 6. The molecule has 4 fully saturated rings. The van der Waals surface area contributed by atoms with E-state index in [0.717, 1.165) is 17.0 Å². The number of ketones is 3. The number of rotatable bonds is 10. The fourth-order valence-corrected chi connectivity index (χ4v) is 12.2. The van der Waals surface area contributed by atoms with Crippen molar-refractivity contribution in [3.8, 4) is 0 Å². The second-order valence-electron chi connectivity index (χ2n) is 24.0. The number of piperidine rings is 1. The number of alkyl carbamates (subject to hydrolysis) is 1. The molecule has 2 unspecified atom stereocenters. The summed E-state index contributed by atoms with van der Waals surface area (Å²) in [7, 11) is 5.06. The van der Waals surface area contributed by atoms with Crippen molar-refractivity contribution in [2.45, 2.75) is 192 Å². The van der Waals surface area contributed by atoms with Crippen LogP contribution in [0.15, 0.2) is 60.0 Å². The molecule has 1 aliphatic carbocycles. The van der Waals surface area contributed by atoms with Gasteiger partial charge in [0.2, 0.25) is 11.7 Å². The first-order valence-electron chi connectivity index (χ1n) is 29.7. The summed E-state index contributed by atoms with van der Waals surface area (Å²) in [5.74, 6) is -8.69. The molecular formula is C61H93N7O15. The molecule has 83 heavy (non-hydrogen) atoms. The third-order valence-electron chi connectivity index (χ3n) is 17.5. The Morgan fingerprint density at radius 2 is 1.60 bits per heavy atom. The second kappa shape index (κ2) is 31.2.